The van der Waals surface area contributed by atoms with Crippen molar-refractivity contribution in [1.82, 2.24) is 9.55 Å². The molecule has 1 aromatic heterocycles. The Labute approximate surface area is 81.6 Å². The van der Waals surface area contributed by atoms with Gasteiger partial charge in [0.05, 0.1) is 6.10 Å². The van der Waals surface area contributed by atoms with E-state index in [9.17, 15) is 4.79 Å². The molecule has 0 unspecified atom stereocenters. The quantitative estimate of drug-likeness (QED) is 0.709. The fraction of sp³-hybridized carbons (Fsp3) is 0.556. The predicted octanol–water partition coefficient (Wildman–Crippen LogP) is 1.05. The van der Waals surface area contributed by atoms with E-state index in [1.807, 2.05) is 0 Å². The molecule has 0 amide bonds. The van der Waals surface area contributed by atoms with E-state index in [0.29, 0.717) is 6.61 Å². The third-order valence-electron chi connectivity index (χ3n) is 2.13. The number of rotatable bonds is 2. The molecule has 1 atom stereocenters. The van der Waals surface area contributed by atoms with Gasteiger partial charge in [-0.2, -0.15) is 0 Å². The Bertz CT molecular complexity index is 291. The summed E-state index contributed by atoms with van der Waals surface area (Å²) in [7, 11) is 0. The second-order valence-corrected chi connectivity index (χ2v) is 3.18. The van der Waals surface area contributed by atoms with Crippen LogP contribution in [0, 0.1) is 0 Å². The molecule has 0 N–H and O–H groups in total. The van der Waals surface area contributed by atoms with Crippen molar-refractivity contribution in [2.24, 2.45) is 0 Å². The van der Waals surface area contributed by atoms with Gasteiger partial charge in [-0.1, -0.05) is 0 Å². The third kappa shape index (κ3) is 2.11. The van der Waals surface area contributed by atoms with Gasteiger partial charge in [-0.05, 0) is 12.8 Å². The lowest BCUT2D eigenvalue weighted by Crippen LogP contribution is -2.20. The number of aromatic nitrogens is 2. The zero-order chi connectivity index (χ0) is 9.80. The molecule has 0 saturated carbocycles. The first-order valence-electron chi connectivity index (χ1n) is 4.63. The van der Waals surface area contributed by atoms with Crippen LogP contribution in [-0.4, -0.2) is 35.0 Å². The molecule has 14 heavy (non-hydrogen) atoms. The summed E-state index contributed by atoms with van der Waals surface area (Å²) in [5.41, 5.74) is 0. The Hall–Kier alpha value is -1.36. The fourth-order valence-corrected chi connectivity index (χ4v) is 1.38. The first-order chi connectivity index (χ1) is 6.86. The van der Waals surface area contributed by atoms with E-state index >= 15 is 0 Å². The second-order valence-electron chi connectivity index (χ2n) is 3.18. The molecule has 0 bridgehead atoms. The van der Waals surface area contributed by atoms with Gasteiger partial charge in [0.1, 0.15) is 12.9 Å². The van der Waals surface area contributed by atoms with Crippen molar-refractivity contribution in [1.29, 1.82) is 0 Å². The molecule has 1 fully saturated rings. The summed E-state index contributed by atoms with van der Waals surface area (Å²) in [6.45, 7) is 1.10. The lowest BCUT2D eigenvalue weighted by atomic mass is 10.2. The third-order valence-corrected chi connectivity index (χ3v) is 2.13. The van der Waals surface area contributed by atoms with E-state index in [-0.39, 0.29) is 6.10 Å². The van der Waals surface area contributed by atoms with Crippen LogP contribution < -0.4 is 0 Å². The van der Waals surface area contributed by atoms with Crippen LogP contribution in [0.2, 0.25) is 0 Å². The summed E-state index contributed by atoms with van der Waals surface area (Å²) in [6.07, 6.45) is 6.19. The van der Waals surface area contributed by atoms with Crippen LogP contribution in [-0.2, 0) is 9.47 Å². The van der Waals surface area contributed by atoms with Crippen molar-refractivity contribution < 1.29 is 14.3 Å². The van der Waals surface area contributed by atoms with Gasteiger partial charge in [-0.3, -0.25) is 0 Å². The number of imidazole rings is 1. The van der Waals surface area contributed by atoms with Gasteiger partial charge in [0, 0.05) is 19.0 Å². The van der Waals surface area contributed by atoms with Gasteiger partial charge in [0.25, 0.3) is 0 Å². The van der Waals surface area contributed by atoms with Crippen LogP contribution in [0.25, 0.3) is 0 Å². The SMILES string of the molecule is O=C(OC[C@@H]1CCCO1)n1ccnc1. The van der Waals surface area contributed by atoms with Crippen LogP contribution >= 0.6 is 0 Å². The molecule has 0 radical (unpaired) electrons. The summed E-state index contributed by atoms with van der Waals surface area (Å²) in [6, 6.07) is 0. The smallest absolute Gasteiger partial charge is 0.419 e. The Kier molecular flexibility index (Phi) is 2.78. The average molecular weight is 196 g/mol. The van der Waals surface area contributed by atoms with Gasteiger partial charge in [0.2, 0.25) is 0 Å². The highest BCUT2D eigenvalue weighted by Crippen LogP contribution is 2.12. The summed E-state index contributed by atoms with van der Waals surface area (Å²) in [4.78, 5) is 15.1. The van der Waals surface area contributed by atoms with Gasteiger partial charge in [-0.15, -0.1) is 0 Å². The van der Waals surface area contributed by atoms with E-state index in [1.165, 1.54) is 17.1 Å². The standard InChI is InChI=1S/C9H12N2O3/c12-9(11-4-3-10-7-11)14-6-8-2-1-5-13-8/h3-4,7-8H,1-2,5-6H2/t8-/m0/s1. The summed E-state index contributed by atoms with van der Waals surface area (Å²) < 4.78 is 11.6. The number of ether oxygens (including phenoxy) is 2. The monoisotopic (exact) mass is 196 g/mol. The van der Waals surface area contributed by atoms with Crippen molar-refractivity contribution in [3.05, 3.63) is 18.7 Å². The molecule has 0 spiro atoms. The summed E-state index contributed by atoms with van der Waals surface area (Å²) >= 11 is 0. The highest BCUT2D eigenvalue weighted by Gasteiger charge is 2.17. The van der Waals surface area contributed by atoms with Crippen molar-refractivity contribution in [2.75, 3.05) is 13.2 Å². The highest BCUT2D eigenvalue weighted by atomic mass is 16.6. The molecule has 2 rings (SSSR count). The molecule has 5 nitrogen and oxygen atoms in total. The van der Waals surface area contributed by atoms with Crippen molar-refractivity contribution in [2.45, 2.75) is 18.9 Å². The van der Waals surface area contributed by atoms with Crippen molar-refractivity contribution >= 4 is 6.09 Å². The lowest BCUT2D eigenvalue weighted by Gasteiger charge is -2.09. The molecule has 5 heteroatoms. The van der Waals surface area contributed by atoms with Crippen LogP contribution in [0.3, 0.4) is 0 Å². The minimum atomic E-state index is -0.405. The summed E-state index contributed by atoms with van der Waals surface area (Å²) in [5.74, 6) is 0. The molecule has 0 aliphatic carbocycles. The molecule has 1 aliphatic heterocycles. The lowest BCUT2D eigenvalue weighted by molar-refractivity contribution is 0.0443. The maximum absolute atomic E-state index is 11.3. The molecular weight excluding hydrogens is 184 g/mol. The Morgan fingerprint density at radius 3 is 3.29 bits per heavy atom. The van der Waals surface area contributed by atoms with E-state index < -0.39 is 6.09 Å². The number of carbonyl (C=O) groups is 1. The number of carbonyl (C=O) groups excluding carboxylic acids is 1. The zero-order valence-corrected chi connectivity index (χ0v) is 7.76. The fourth-order valence-electron chi connectivity index (χ4n) is 1.38. The predicted molar refractivity (Wildman–Crippen MR) is 47.9 cm³/mol. The zero-order valence-electron chi connectivity index (χ0n) is 7.76. The second kappa shape index (κ2) is 4.23. The van der Waals surface area contributed by atoms with E-state index in [4.69, 9.17) is 9.47 Å². The average Bonchev–Trinajstić information content (AvgIpc) is 2.87. The van der Waals surface area contributed by atoms with Gasteiger partial charge < -0.3 is 9.47 Å². The maximum atomic E-state index is 11.3. The summed E-state index contributed by atoms with van der Waals surface area (Å²) in [5, 5.41) is 0. The number of hydrogen-bond donors (Lipinski definition) is 0. The Morgan fingerprint density at radius 1 is 1.71 bits per heavy atom. The maximum Gasteiger partial charge on any atom is 0.419 e. The highest BCUT2D eigenvalue weighted by molar-refractivity contribution is 5.69. The Morgan fingerprint density at radius 2 is 2.64 bits per heavy atom. The molecule has 1 aliphatic rings. The van der Waals surface area contributed by atoms with E-state index in [2.05, 4.69) is 4.98 Å². The van der Waals surface area contributed by atoms with Gasteiger partial charge in [0.15, 0.2) is 0 Å². The van der Waals surface area contributed by atoms with Gasteiger partial charge in [-0.25, -0.2) is 14.3 Å². The molecule has 76 valence electrons. The minimum Gasteiger partial charge on any atom is -0.446 e. The van der Waals surface area contributed by atoms with Crippen molar-refractivity contribution in [3.63, 3.8) is 0 Å². The topological polar surface area (TPSA) is 53.4 Å². The van der Waals surface area contributed by atoms with Crippen LogP contribution in [0.5, 0.6) is 0 Å². The normalized spacial score (nSPS) is 21.0. The van der Waals surface area contributed by atoms with Crippen LogP contribution in [0.15, 0.2) is 18.7 Å². The van der Waals surface area contributed by atoms with E-state index in [0.717, 1.165) is 19.4 Å². The first-order valence-corrected chi connectivity index (χ1v) is 4.63. The number of nitrogens with zero attached hydrogens (tertiary/aromatic N) is 2. The molecule has 1 saturated heterocycles. The molecule has 1 aromatic rings. The van der Waals surface area contributed by atoms with Gasteiger partial charge >= 0.3 is 6.09 Å². The minimum absolute atomic E-state index is 0.0717. The molecular formula is C9H12N2O3. The largest absolute Gasteiger partial charge is 0.446 e. The molecule has 2 heterocycles. The number of hydrogen-bond acceptors (Lipinski definition) is 4. The van der Waals surface area contributed by atoms with Crippen LogP contribution in [0.4, 0.5) is 4.79 Å². The first kappa shape index (κ1) is 9.21. The molecule has 0 aromatic carbocycles. The van der Waals surface area contributed by atoms with Crippen LogP contribution in [0.1, 0.15) is 12.8 Å². The van der Waals surface area contributed by atoms with E-state index in [1.54, 1.807) is 6.20 Å². The Balaban J connectivity index is 1.78. The van der Waals surface area contributed by atoms with Crippen molar-refractivity contribution in [3.8, 4) is 0 Å².